The molecule has 0 bridgehead atoms. The first kappa shape index (κ1) is 14.1. The highest BCUT2D eigenvalue weighted by molar-refractivity contribution is 5.75. The van der Waals surface area contributed by atoms with Crippen molar-refractivity contribution in [2.45, 2.75) is 32.2 Å². The van der Waals surface area contributed by atoms with E-state index >= 15 is 0 Å². The number of hydrogen-bond donors (Lipinski definition) is 1. The lowest BCUT2D eigenvalue weighted by molar-refractivity contribution is -0.138. The minimum atomic E-state index is -0.779. The molecule has 2 atom stereocenters. The molecule has 0 aliphatic carbocycles. The number of aliphatic carboxylic acids is 1. The number of piperidine rings is 1. The van der Waals surface area contributed by atoms with Gasteiger partial charge in [-0.05, 0) is 25.7 Å². The molecule has 2 rings (SSSR count). The van der Waals surface area contributed by atoms with Crippen LogP contribution in [0, 0.1) is 5.92 Å². The summed E-state index contributed by atoms with van der Waals surface area (Å²) < 4.78 is 5.33. The summed E-state index contributed by atoms with van der Waals surface area (Å²) in [6.45, 7) is 5.07. The zero-order chi connectivity index (χ0) is 13.8. The van der Waals surface area contributed by atoms with Crippen LogP contribution in [0.25, 0.3) is 0 Å². The number of amides is 2. The minimum Gasteiger partial charge on any atom is -0.481 e. The lowest BCUT2D eigenvalue weighted by atomic mass is 9.95. The van der Waals surface area contributed by atoms with E-state index in [9.17, 15) is 9.59 Å². The van der Waals surface area contributed by atoms with E-state index in [1.54, 1.807) is 4.90 Å². The molecule has 1 N–H and O–H groups in total. The zero-order valence-corrected chi connectivity index (χ0v) is 11.4. The number of carboxylic acids is 1. The zero-order valence-electron chi connectivity index (χ0n) is 11.4. The summed E-state index contributed by atoms with van der Waals surface area (Å²) in [5, 5.41) is 8.85. The molecule has 2 fully saturated rings. The van der Waals surface area contributed by atoms with Gasteiger partial charge in [-0.2, -0.15) is 0 Å². The Kier molecular flexibility index (Phi) is 4.63. The molecule has 0 saturated carbocycles. The predicted octanol–water partition coefficient (Wildman–Crippen LogP) is 1.01. The molecule has 0 spiro atoms. The van der Waals surface area contributed by atoms with Gasteiger partial charge in [0.05, 0.1) is 19.3 Å². The van der Waals surface area contributed by atoms with E-state index in [4.69, 9.17) is 9.84 Å². The average molecular weight is 270 g/mol. The molecular formula is C13H22N2O4. The summed E-state index contributed by atoms with van der Waals surface area (Å²) in [6.07, 6.45) is 1.94. The topological polar surface area (TPSA) is 70.1 Å². The number of urea groups is 1. The summed E-state index contributed by atoms with van der Waals surface area (Å²) in [7, 11) is 0. The molecule has 2 aliphatic rings. The Labute approximate surface area is 113 Å². The van der Waals surface area contributed by atoms with Crippen LogP contribution in [-0.2, 0) is 9.53 Å². The maximum Gasteiger partial charge on any atom is 0.320 e. The van der Waals surface area contributed by atoms with Gasteiger partial charge >= 0.3 is 12.0 Å². The highest BCUT2D eigenvalue weighted by atomic mass is 16.5. The lowest BCUT2D eigenvalue weighted by Gasteiger charge is -2.40. The third kappa shape index (κ3) is 3.59. The maximum atomic E-state index is 12.4. The molecule has 0 aromatic carbocycles. The monoisotopic (exact) mass is 270 g/mol. The van der Waals surface area contributed by atoms with Crippen LogP contribution < -0.4 is 0 Å². The number of carbonyl (C=O) groups excluding carboxylic acids is 1. The van der Waals surface area contributed by atoms with Gasteiger partial charge in [0.1, 0.15) is 0 Å². The number of ether oxygens (including phenoxy) is 1. The average Bonchev–Trinajstić information content (AvgIpc) is 2.38. The molecule has 2 aliphatic heterocycles. The van der Waals surface area contributed by atoms with Crippen molar-refractivity contribution in [3.8, 4) is 0 Å². The standard InChI is InChI=1S/C13H22N2O4/c1-10-9-19-6-5-15(10)13(18)14-4-2-3-11(8-14)7-12(16)17/h10-11H,2-9H2,1H3,(H,16,17). The van der Waals surface area contributed by atoms with Gasteiger partial charge in [-0.25, -0.2) is 4.79 Å². The number of morpholine rings is 1. The summed E-state index contributed by atoms with van der Waals surface area (Å²) in [5.74, 6) is -0.689. The van der Waals surface area contributed by atoms with Crippen molar-refractivity contribution >= 4 is 12.0 Å². The van der Waals surface area contributed by atoms with E-state index in [-0.39, 0.29) is 24.4 Å². The van der Waals surface area contributed by atoms with Crippen molar-refractivity contribution in [3.05, 3.63) is 0 Å². The third-order valence-electron chi connectivity index (χ3n) is 3.87. The van der Waals surface area contributed by atoms with E-state index in [0.717, 1.165) is 19.4 Å². The van der Waals surface area contributed by atoms with Crippen LogP contribution in [0.15, 0.2) is 0 Å². The summed E-state index contributed by atoms with van der Waals surface area (Å²) in [5.41, 5.74) is 0. The Morgan fingerprint density at radius 3 is 2.84 bits per heavy atom. The molecule has 2 unspecified atom stereocenters. The normalized spacial score (nSPS) is 28.3. The fraction of sp³-hybridized carbons (Fsp3) is 0.846. The van der Waals surface area contributed by atoms with Gasteiger partial charge in [-0.1, -0.05) is 0 Å². The van der Waals surface area contributed by atoms with Crippen LogP contribution in [0.2, 0.25) is 0 Å². The van der Waals surface area contributed by atoms with Crippen LogP contribution in [0.5, 0.6) is 0 Å². The van der Waals surface area contributed by atoms with Gasteiger partial charge in [0.25, 0.3) is 0 Å². The fourth-order valence-corrected chi connectivity index (χ4v) is 2.85. The van der Waals surface area contributed by atoms with Crippen LogP contribution in [-0.4, -0.2) is 65.8 Å². The lowest BCUT2D eigenvalue weighted by Crippen LogP contribution is -2.54. The Morgan fingerprint density at radius 1 is 1.37 bits per heavy atom. The molecule has 2 heterocycles. The molecule has 0 aromatic heterocycles. The Balaban J connectivity index is 1.92. The van der Waals surface area contributed by atoms with Gasteiger partial charge in [0, 0.05) is 26.1 Å². The van der Waals surface area contributed by atoms with Crippen molar-refractivity contribution in [1.82, 2.24) is 9.80 Å². The molecule has 0 aromatic rings. The molecule has 2 amide bonds. The summed E-state index contributed by atoms with van der Waals surface area (Å²) >= 11 is 0. The van der Waals surface area contributed by atoms with Crippen LogP contribution >= 0.6 is 0 Å². The highest BCUT2D eigenvalue weighted by Crippen LogP contribution is 2.21. The number of nitrogens with zero attached hydrogens (tertiary/aromatic N) is 2. The SMILES string of the molecule is CC1COCCN1C(=O)N1CCCC(CC(=O)O)C1. The first-order valence-corrected chi connectivity index (χ1v) is 6.93. The van der Waals surface area contributed by atoms with Gasteiger partial charge in [-0.15, -0.1) is 0 Å². The number of carbonyl (C=O) groups is 2. The van der Waals surface area contributed by atoms with E-state index in [2.05, 4.69) is 0 Å². The summed E-state index contributed by atoms with van der Waals surface area (Å²) in [6, 6.07) is 0.131. The number of hydrogen-bond acceptors (Lipinski definition) is 3. The van der Waals surface area contributed by atoms with Crippen LogP contribution in [0.1, 0.15) is 26.2 Å². The van der Waals surface area contributed by atoms with Crippen LogP contribution in [0.3, 0.4) is 0 Å². The molecule has 6 nitrogen and oxygen atoms in total. The molecule has 108 valence electrons. The van der Waals surface area contributed by atoms with Crippen LogP contribution in [0.4, 0.5) is 4.79 Å². The molecule has 19 heavy (non-hydrogen) atoms. The van der Waals surface area contributed by atoms with Crippen molar-refractivity contribution in [3.63, 3.8) is 0 Å². The molecule has 2 saturated heterocycles. The third-order valence-corrected chi connectivity index (χ3v) is 3.87. The number of likely N-dealkylation sites (tertiary alicyclic amines) is 1. The van der Waals surface area contributed by atoms with Gasteiger partial charge in [-0.3, -0.25) is 4.79 Å². The first-order valence-electron chi connectivity index (χ1n) is 6.93. The second-order valence-corrected chi connectivity index (χ2v) is 5.45. The van der Waals surface area contributed by atoms with E-state index in [1.165, 1.54) is 0 Å². The molecule has 0 radical (unpaired) electrons. The van der Waals surface area contributed by atoms with Gasteiger partial charge in [0.2, 0.25) is 0 Å². The number of rotatable bonds is 2. The quantitative estimate of drug-likeness (QED) is 0.813. The van der Waals surface area contributed by atoms with Gasteiger partial charge in [0.15, 0.2) is 0 Å². The predicted molar refractivity (Wildman–Crippen MR) is 68.9 cm³/mol. The van der Waals surface area contributed by atoms with Crippen molar-refractivity contribution in [2.75, 3.05) is 32.8 Å². The van der Waals surface area contributed by atoms with E-state index in [1.807, 2.05) is 11.8 Å². The Bertz CT molecular complexity index is 348. The number of carboxylic acid groups (broad SMARTS) is 1. The minimum absolute atomic E-state index is 0.0332. The van der Waals surface area contributed by atoms with E-state index < -0.39 is 5.97 Å². The van der Waals surface area contributed by atoms with Crippen molar-refractivity contribution in [1.29, 1.82) is 0 Å². The Morgan fingerprint density at radius 2 is 2.16 bits per heavy atom. The Hall–Kier alpha value is -1.30. The smallest absolute Gasteiger partial charge is 0.320 e. The van der Waals surface area contributed by atoms with Crippen molar-refractivity contribution in [2.24, 2.45) is 5.92 Å². The van der Waals surface area contributed by atoms with E-state index in [0.29, 0.717) is 26.3 Å². The molecule has 6 heteroatoms. The summed E-state index contributed by atoms with van der Waals surface area (Å²) in [4.78, 5) is 26.9. The highest BCUT2D eigenvalue weighted by Gasteiger charge is 2.31. The van der Waals surface area contributed by atoms with Crippen molar-refractivity contribution < 1.29 is 19.4 Å². The maximum absolute atomic E-state index is 12.4. The van der Waals surface area contributed by atoms with Gasteiger partial charge < -0.3 is 19.6 Å². The molecular weight excluding hydrogens is 248 g/mol. The second kappa shape index (κ2) is 6.23. The second-order valence-electron chi connectivity index (χ2n) is 5.45. The fourth-order valence-electron chi connectivity index (χ4n) is 2.85. The first-order chi connectivity index (χ1) is 9.08. The largest absolute Gasteiger partial charge is 0.481 e.